The number of ether oxygens (including phenoxy) is 4. The third-order valence-corrected chi connectivity index (χ3v) is 7.13. The van der Waals surface area contributed by atoms with Crippen LogP contribution in [-0.4, -0.2) is 64.7 Å². The average molecular weight is 551 g/mol. The van der Waals surface area contributed by atoms with E-state index in [1.165, 1.54) is 11.8 Å². The van der Waals surface area contributed by atoms with Gasteiger partial charge in [-0.1, -0.05) is 68.4 Å². The first kappa shape index (κ1) is 28.4. The maximum absolute atomic E-state index is 13.2. The van der Waals surface area contributed by atoms with Crippen molar-refractivity contribution in [1.82, 2.24) is 0 Å². The summed E-state index contributed by atoms with van der Waals surface area (Å²) in [5, 5.41) is 10.3. The number of hydrogen-bond donors (Lipinski definition) is 1. The highest BCUT2D eigenvalue weighted by atomic mass is 32.2. The Kier molecular flexibility index (Phi) is 9.75. The van der Waals surface area contributed by atoms with Crippen LogP contribution in [0.15, 0.2) is 91.0 Å². The molecule has 39 heavy (non-hydrogen) atoms. The van der Waals surface area contributed by atoms with Gasteiger partial charge in [-0.2, -0.15) is 0 Å². The molecule has 9 heteroatoms. The molecular weight excluding hydrogens is 520 g/mol. The standard InChI is InChI=1S/C30H30O8S/c1-19(2)39-30-26(38-29(34)22-16-10-5-11-17-22)25(37-28(33)21-14-8-4-9-15-21)24(23(18-31)35-30)36-27(32)20-12-6-3-7-13-20/h3-17,19,23-26,30-31H,18H2,1-2H3/t23?,24-,25?,26?,30+/m1/s1. The van der Waals surface area contributed by atoms with Crippen molar-refractivity contribution >= 4 is 29.7 Å². The molecule has 0 bridgehead atoms. The second-order valence-electron chi connectivity index (χ2n) is 9.12. The summed E-state index contributed by atoms with van der Waals surface area (Å²) in [7, 11) is 0. The first-order valence-electron chi connectivity index (χ1n) is 12.6. The number of hydrogen-bond acceptors (Lipinski definition) is 9. The van der Waals surface area contributed by atoms with E-state index in [0.717, 1.165) is 0 Å². The molecule has 1 saturated heterocycles. The summed E-state index contributed by atoms with van der Waals surface area (Å²) in [5.74, 6) is -2.06. The van der Waals surface area contributed by atoms with E-state index in [-0.39, 0.29) is 16.4 Å². The number of rotatable bonds is 9. The monoisotopic (exact) mass is 550 g/mol. The first-order chi connectivity index (χ1) is 18.9. The summed E-state index contributed by atoms with van der Waals surface area (Å²) in [5.41, 5.74) is -0.00572. The fourth-order valence-corrected chi connectivity index (χ4v) is 5.21. The van der Waals surface area contributed by atoms with Gasteiger partial charge in [-0.05, 0) is 36.4 Å². The van der Waals surface area contributed by atoms with Crippen LogP contribution in [0.4, 0.5) is 0 Å². The predicted molar refractivity (Wildman–Crippen MR) is 145 cm³/mol. The lowest BCUT2D eigenvalue weighted by Crippen LogP contribution is -2.61. The molecule has 5 atom stereocenters. The maximum Gasteiger partial charge on any atom is 0.338 e. The number of aliphatic hydroxyl groups is 1. The fraction of sp³-hybridized carbons (Fsp3) is 0.300. The lowest BCUT2D eigenvalue weighted by atomic mass is 9.98. The third kappa shape index (κ3) is 7.26. The molecule has 3 aromatic carbocycles. The molecule has 0 amide bonds. The molecule has 0 spiro atoms. The molecule has 0 aromatic heterocycles. The van der Waals surface area contributed by atoms with Crippen molar-refractivity contribution < 1.29 is 38.4 Å². The van der Waals surface area contributed by atoms with E-state index >= 15 is 0 Å². The van der Waals surface area contributed by atoms with Crippen molar-refractivity contribution in [3.8, 4) is 0 Å². The Hall–Kier alpha value is -3.66. The van der Waals surface area contributed by atoms with Gasteiger partial charge in [0.1, 0.15) is 11.5 Å². The molecule has 4 rings (SSSR count). The van der Waals surface area contributed by atoms with Crippen LogP contribution in [0, 0.1) is 0 Å². The quantitative estimate of drug-likeness (QED) is 0.304. The highest BCUT2D eigenvalue weighted by molar-refractivity contribution is 8.00. The molecule has 0 radical (unpaired) electrons. The Morgan fingerprint density at radius 3 is 1.46 bits per heavy atom. The summed E-state index contributed by atoms with van der Waals surface area (Å²) in [6.45, 7) is 3.34. The molecule has 204 valence electrons. The lowest BCUT2D eigenvalue weighted by Gasteiger charge is -2.44. The van der Waals surface area contributed by atoms with Gasteiger partial charge in [0, 0.05) is 5.25 Å². The van der Waals surface area contributed by atoms with Gasteiger partial charge in [0.15, 0.2) is 18.3 Å². The van der Waals surface area contributed by atoms with Gasteiger partial charge in [-0.15, -0.1) is 11.8 Å². The van der Waals surface area contributed by atoms with Crippen LogP contribution in [0.3, 0.4) is 0 Å². The predicted octanol–water partition coefficient (Wildman–Crippen LogP) is 4.52. The van der Waals surface area contributed by atoms with E-state index in [1.807, 2.05) is 13.8 Å². The molecule has 0 saturated carbocycles. The van der Waals surface area contributed by atoms with E-state index in [9.17, 15) is 19.5 Å². The number of benzene rings is 3. The molecule has 1 N–H and O–H groups in total. The maximum atomic E-state index is 13.2. The zero-order chi connectivity index (χ0) is 27.8. The zero-order valence-electron chi connectivity index (χ0n) is 21.5. The average Bonchev–Trinajstić information content (AvgIpc) is 2.96. The molecule has 1 aliphatic rings. The molecular formula is C30H30O8S. The van der Waals surface area contributed by atoms with Crippen molar-refractivity contribution in [3.63, 3.8) is 0 Å². The van der Waals surface area contributed by atoms with Gasteiger partial charge in [-0.3, -0.25) is 0 Å². The van der Waals surface area contributed by atoms with Crippen LogP contribution in [0.2, 0.25) is 0 Å². The molecule has 1 heterocycles. The van der Waals surface area contributed by atoms with E-state index < -0.39 is 54.4 Å². The fourth-order valence-electron chi connectivity index (χ4n) is 4.10. The van der Waals surface area contributed by atoms with Crippen molar-refractivity contribution in [2.24, 2.45) is 0 Å². The van der Waals surface area contributed by atoms with Gasteiger partial charge in [0.25, 0.3) is 0 Å². The van der Waals surface area contributed by atoms with Gasteiger partial charge >= 0.3 is 17.9 Å². The van der Waals surface area contributed by atoms with E-state index in [0.29, 0.717) is 5.56 Å². The molecule has 8 nitrogen and oxygen atoms in total. The van der Waals surface area contributed by atoms with Gasteiger partial charge in [0.2, 0.25) is 0 Å². The number of esters is 3. The second-order valence-corrected chi connectivity index (χ2v) is 10.8. The van der Waals surface area contributed by atoms with Crippen LogP contribution in [0.1, 0.15) is 44.9 Å². The number of thioether (sulfide) groups is 1. The topological polar surface area (TPSA) is 108 Å². The normalized spacial score (nSPS) is 22.6. The summed E-state index contributed by atoms with van der Waals surface area (Å²) in [6, 6.07) is 25.0. The SMILES string of the molecule is CC(C)S[C@@H]1OC(CO)[C@@H](OC(=O)c2ccccc2)C(OC(=O)c2ccccc2)C1OC(=O)c1ccccc1. The van der Waals surface area contributed by atoms with Crippen molar-refractivity contribution in [3.05, 3.63) is 108 Å². The number of aliphatic hydroxyl groups excluding tert-OH is 1. The van der Waals surface area contributed by atoms with Crippen LogP contribution in [0.25, 0.3) is 0 Å². The Morgan fingerprint density at radius 1 is 0.692 bits per heavy atom. The first-order valence-corrected chi connectivity index (χ1v) is 13.5. The van der Waals surface area contributed by atoms with Crippen LogP contribution in [-0.2, 0) is 18.9 Å². The summed E-state index contributed by atoms with van der Waals surface area (Å²) >= 11 is 1.34. The Labute approximate surface area is 231 Å². The minimum Gasteiger partial charge on any atom is -0.452 e. The molecule has 0 aliphatic carbocycles. The molecule has 3 aromatic rings. The van der Waals surface area contributed by atoms with Crippen molar-refractivity contribution in [2.75, 3.05) is 6.61 Å². The summed E-state index contributed by atoms with van der Waals surface area (Å²) in [4.78, 5) is 39.5. The van der Waals surface area contributed by atoms with Crippen LogP contribution < -0.4 is 0 Å². The minimum atomic E-state index is -1.28. The van der Waals surface area contributed by atoms with Gasteiger partial charge < -0.3 is 24.1 Å². The van der Waals surface area contributed by atoms with E-state index in [2.05, 4.69) is 0 Å². The molecule has 1 fully saturated rings. The van der Waals surface area contributed by atoms with Crippen LogP contribution >= 0.6 is 11.8 Å². The van der Waals surface area contributed by atoms with Crippen molar-refractivity contribution in [1.29, 1.82) is 0 Å². The summed E-state index contributed by atoms with van der Waals surface area (Å²) < 4.78 is 23.8. The minimum absolute atomic E-state index is 0.0289. The van der Waals surface area contributed by atoms with E-state index in [1.54, 1.807) is 91.0 Å². The number of carbonyl (C=O) groups excluding carboxylic acids is 3. The number of carbonyl (C=O) groups is 3. The Morgan fingerprint density at radius 2 is 1.08 bits per heavy atom. The largest absolute Gasteiger partial charge is 0.452 e. The molecule has 3 unspecified atom stereocenters. The van der Waals surface area contributed by atoms with Crippen LogP contribution in [0.5, 0.6) is 0 Å². The van der Waals surface area contributed by atoms with Gasteiger partial charge in [0.05, 0.1) is 23.3 Å². The summed E-state index contributed by atoms with van der Waals surface area (Å²) in [6.07, 6.45) is -4.75. The highest BCUT2D eigenvalue weighted by Gasteiger charge is 2.52. The smallest absolute Gasteiger partial charge is 0.338 e. The third-order valence-electron chi connectivity index (χ3n) is 5.94. The van der Waals surface area contributed by atoms with E-state index in [4.69, 9.17) is 18.9 Å². The van der Waals surface area contributed by atoms with Crippen molar-refractivity contribution in [2.45, 2.75) is 48.9 Å². The zero-order valence-corrected chi connectivity index (χ0v) is 22.4. The second kappa shape index (κ2) is 13.4. The van der Waals surface area contributed by atoms with Gasteiger partial charge in [-0.25, -0.2) is 14.4 Å². The highest BCUT2D eigenvalue weighted by Crippen LogP contribution is 2.36. The molecule has 1 aliphatic heterocycles. The Balaban J connectivity index is 1.72. The Bertz CT molecular complexity index is 1240. The lowest BCUT2D eigenvalue weighted by molar-refractivity contribution is -0.207.